The number of nitrogens with two attached hydrogens (primary N) is 1. The standard InChI is InChI=1S/C20H22N6OS2/c1-12(8-23-10-22-2)15-7-14(16-9-26(3)11-24-16)17-18(21)20(28-19(17)25-15)29(27)13-5-4-6-13/h7-11,13H,2,4-6,21H2,1,3H3/b12-8+,23-10-/t29-/m1/s1. The Hall–Kier alpha value is -2.49. The molecule has 9 heteroatoms. The Labute approximate surface area is 176 Å². The van der Waals surface area contributed by atoms with Gasteiger partial charge < -0.3 is 14.9 Å². The molecule has 7 nitrogen and oxygen atoms in total. The number of rotatable bonds is 6. The third-order valence-electron chi connectivity index (χ3n) is 5.00. The number of thiophene rings is 1. The highest BCUT2D eigenvalue weighted by Crippen LogP contribution is 2.45. The molecule has 150 valence electrons. The van der Waals surface area contributed by atoms with E-state index in [0.717, 1.165) is 56.2 Å². The molecule has 1 atom stereocenters. The fraction of sp³-hybridized carbons (Fsp3) is 0.300. The minimum Gasteiger partial charge on any atom is -0.611 e. The summed E-state index contributed by atoms with van der Waals surface area (Å²) in [5, 5.41) is 1.02. The molecule has 3 aromatic heterocycles. The third-order valence-corrected chi connectivity index (χ3v) is 8.30. The lowest BCUT2D eigenvalue weighted by atomic mass is 10.0. The largest absolute Gasteiger partial charge is 0.611 e. The highest BCUT2D eigenvalue weighted by atomic mass is 32.2. The summed E-state index contributed by atoms with van der Waals surface area (Å²) in [6.07, 6.45) is 9.87. The number of nitrogen functional groups attached to an aromatic ring is 1. The Morgan fingerprint density at radius 2 is 2.28 bits per heavy atom. The van der Waals surface area contributed by atoms with Crippen molar-refractivity contribution in [1.82, 2.24) is 14.5 Å². The quantitative estimate of drug-likeness (QED) is 0.365. The molecule has 0 unspecified atom stereocenters. The zero-order valence-electron chi connectivity index (χ0n) is 16.3. The van der Waals surface area contributed by atoms with Crippen LogP contribution >= 0.6 is 11.3 Å². The topological polar surface area (TPSA) is 105 Å². The number of aromatic nitrogens is 3. The highest BCUT2D eigenvalue weighted by molar-refractivity contribution is 7.94. The SMILES string of the molecule is C=N/C=N\C=C(/C)c1cc(-c2cn(C)cn2)c2c(N)c([S@+]([O-])C3CCC3)sc2n1. The second-order valence-corrected chi connectivity index (χ2v) is 10.00. The Morgan fingerprint density at radius 3 is 2.90 bits per heavy atom. The summed E-state index contributed by atoms with van der Waals surface area (Å²) in [5.74, 6) is 0. The van der Waals surface area contributed by atoms with Crippen LogP contribution in [0.1, 0.15) is 31.9 Å². The van der Waals surface area contributed by atoms with E-state index in [4.69, 9.17) is 10.7 Å². The predicted molar refractivity (Wildman–Crippen MR) is 122 cm³/mol. The average molecular weight is 427 g/mol. The molecule has 0 aromatic carbocycles. The summed E-state index contributed by atoms with van der Waals surface area (Å²) in [6, 6.07) is 1.96. The van der Waals surface area contributed by atoms with Crippen LogP contribution in [0.2, 0.25) is 0 Å². The number of hydrogen-bond acceptors (Lipinski definition) is 6. The lowest BCUT2D eigenvalue weighted by Gasteiger charge is -2.27. The van der Waals surface area contributed by atoms with Crippen molar-refractivity contribution in [2.45, 2.75) is 35.6 Å². The minimum absolute atomic E-state index is 0.200. The first-order chi connectivity index (χ1) is 14.0. The molecule has 1 fully saturated rings. The predicted octanol–water partition coefficient (Wildman–Crippen LogP) is 4.03. The molecule has 2 N–H and O–H groups in total. The van der Waals surface area contributed by atoms with Crippen molar-refractivity contribution >= 4 is 57.0 Å². The molecule has 0 radical (unpaired) electrons. The Balaban J connectivity index is 1.90. The van der Waals surface area contributed by atoms with Crippen molar-refractivity contribution in [3.05, 3.63) is 30.5 Å². The number of allylic oxidation sites excluding steroid dienone is 1. The second-order valence-electron chi connectivity index (χ2n) is 7.07. The maximum absolute atomic E-state index is 13.0. The first-order valence-electron chi connectivity index (χ1n) is 9.26. The van der Waals surface area contributed by atoms with E-state index >= 15 is 0 Å². The summed E-state index contributed by atoms with van der Waals surface area (Å²) in [6.45, 7) is 5.32. The van der Waals surface area contributed by atoms with Crippen LogP contribution < -0.4 is 5.73 Å². The highest BCUT2D eigenvalue weighted by Gasteiger charge is 2.35. The molecule has 1 aliphatic carbocycles. The van der Waals surface area contributed by atoms with Gasteiger partial charge in [-0.1, -0.05) is 11.3 Å². The van der Waals surface area contributed by atoms with Gasteiger partial charge in [-0.05, 0) is 44.5 Å². The molecule has 1 aliphatic rings. The van der Waals surface area contributed by atoms with E-state index in [1.54, 1.807) is 12.5 Å². The normalized spacial score (nSPS) is 16.4. The van der Waals surface area contributed by atoms with Crippen molar-refractivity contribution in [3.8, 4) is 11.3 Å². The molecule has 0 spiro atoms. The maximum atomic E-state index is 13.0. The Bertz CT molecular complexity index is 1130. The van der Waals surface area contributed by atoms with Crippen LogP contribution in [0.4, 0.5) is 5.69 Å². The molecule has 3 heterocycles. The fourth-order valence-corrected chi connectivity index (χ4v) is 6.41. The van der Waals surface area contributed by atoms with Gasteiger partial charge in [0.15, 0.2) is 0 Å². The van der Waals surface area contributed by atoms with Gasteiger partial charge in [-0.15, -0.1) is 0 Å². The first kappa shape index (κ1) is 19.8. The van der Waals surface area contributed by atoms with Crippen LogP contribution in [0.5, 0.6) is 0 Å². The summed E-state index contributed by atoms with van der Waals surface area (Å²) in [5.41, 5.74) is 10.4. The van der Waals surface area contributed by atoms with Crippen LogP contribution in [0.3, 0.4) is 0 Å². The number of imidazole rings is 1. The van der Waals surface area contributed by atoms with Crippen molar-refractivity contribution in [1.29, 1.82) is 0 Å². The lowest BCUT2D eigenvalue weighted by molar-refractivity contribution is 0.478. The number of nitrogens with zero attached hydrogens (tertiary/aromatic N) is 5. The number of pyridine rings is 1. The number of fused-ring (bicyclic) bond motifs is 1. The van der Waals surface area contributed by atoms with Gasteiger partial charge >= 0.3 is 0 Å². The summed E-state index contributed by atoms with van der Waals surface area (Å²) < 4.78 is 15.6. The number of hydrogen-bond donors (Lipinski definition) is 1. The lowest BCUT2D eigenvalue weighted by Crippen LogP contribution is -2.28. The fourth-order valence-electron chi connectivity index (χ4n) is 3.20. The van der Waals surface area contributed by atoms with E-state index in [2.05, 4.69) is 21.7 Å². The van der Waals surface area contributed by atoms with E-state index in [1.165, 1.54) is 17.7 Å². The van der Waals surface area contributed by atoms with E-state index in [0.29, 0.717) is 5.69 Å². The van der Waals surface area contributed by atoms with Gasteiger partial charge in [0, 0.05) is 41.6 Å². The van der Waals surface area contributed by atoms with Crippen molar-refractivity contribution in [3.63, 3.8) is 0 Å². The first-order valence-corrected chi connectivity index (χ1v) is 11.3. The molecule has 4 rings (SSSR count). The number of anilines is 1. The van der Waals surface area contributed by atoms with Gasteiger partial charge in [-0.2, -0.15) is 0 Å². The number of aliphatic imine (C=N–C) groups is 2. The Kier molecular flexibility index (Phi) is 5.53. The smallest absolute Gasteiger partial charge is 0.232 e. The summed E-state index contributed by atoms with van der Waals surface area (Å²) >= 11 is 0.322. The number of aryl methyl sites for hydroxylation is 1. The van der Waals surface area contributed by atoms with Gasteiger partial charge in [-0.25, -0.2) is 15.0 Å². The van der Waals surface area contributed by atoms with Crippen molar-refractivity contribution in [2.75, 3.05) is 5.73 Å². The van der Waals surface area contributed by atoms with Gasteiger partial charge in [0.2, 0.25) is 4.21 Å². The van der Waals surface area contributed by atoms with E-state index in [-0.39, 0.29) is 5.25 Å². The van der Waals surface area contributed by atoms with Gasteiger partial charge in [0.1, 0.15) is 22.1 Å². The zero-order chi connectivity index (χ0) is 20.5. The summed E-state index contributed by atoms with van der Waals surface area (Å²) in [7, 11) is 1.92. The molecular weight excluding hydrogens is 404 g/mol. The van der Waals surface area contributed by atoms with E-state index in [1.807, 2.05) is 30.8 Å². The van der Waals surface area contributed by atoms with Gasteiger partial charge in [0.25, 0.3) is 0 Å². The molecule has 0 amide bonds. The molecular formula is C20H22N6OS2. The average Bonchev–Trinajstić information content (AvgIpc) is 3.23. The monoisotopic (exact) mass is 426 g/mol. The van der Waals surface area contributed by atoms with Gasteiger partial charge in [0.05, 0.1) is 17.7 Å². The van der Waals surface area contributed by atoms with Crippen LogP contribution in [0, 0.1) is 0 Å². The molecule has 0 saturated heterocycles. The van der Waals surface area contributed by atoms with Crippen LogP contribution in [-0.2, 0) is 18.2 Å². The molecule has 29 heavy (non-hydrogen) atoms. The Morgan fingerprint density at radius 1 is 1.48 bits per heavy atom. The maximum Gasteiger partial charge on any atom is 0.232 e. The molecule has 0 aliphatic heterocycles. The van der Waals surface area contributed by atoms with E-state index in [9.17, 15) is 4.55 Å². The van der Waals surface area contributed by atoms with Crippen LogP contribution in [-0.4, -0.2) is 37.4 Å². The van der Waals surface area contributed by atoms with E-state index < -0.39 is 11.2 Å². The molecule has 3 aromatic rings. The zero-order valence-corrected chi connectivity index (χ0v) is 18.0. The molecule has 0 bridgehead atoms. The van der Waals surface area contributed by atoms with Crippen LogP contribution in [0.25, 0.3) is 27.0 Å². The van der Waals surface area contributed by atoms with Crippen molar-refractivity contribution in [2.24, 2.45) is 17.0 Å². The second kappa shape index (κ2) is 8.10. The van der Waals surface area contributed by atoms with Crippen LogP contribution in [0.15, 0.2) is 39.0 Å². The minimum atomic E-state index is -1.10. The third kappa shape index (κ3) is 3.73. The van der Waals surface area contributed by atoms with Gasteiger partial charge in [-0.3, -0.25) is 4.99 Å². The van der Waals surface area contributed by atoms with Crippen molar-refractivity contribution < 1.29 is 4.55 Å². The molecule has 1 saturated carbocycles. The summed E-state index contributed by atoms with van der Waals surface area (Å²) in [4.78, 5) is 17.8.